The average Bonchev–Trinajstić information content (AvgIpc) is 2.85. The van der Waals surface area contributed by atoms with E-state index in [1.54, 1.807) is 6.21 Å². The molecule has 4 aromatic rings. The minimum atomic E-state index is -0.674. The van der Waals surface area contributed by atoms with Crippen LogP contribution in [0.3, 0.4) is 0 Å². The monoisotopic (exact) mass is 502 g/mol. The maximum Gasteiger partial charge on any atom is 0.281 e. The molecule has 166 valence electrons. The van der Waals surface area contributed by atoms with Gasteiger partial charge in [-0.15, -0.1) is 0 Å². The van der Waals surface area contributed by atoms with Crippen LogP contribution in [0, 0.1) is 0 Å². The summed E-state index contributed by atoms with van der Waals surface area (Å²) in [6.45, 7) is 1.90. The number of carbonyl (C=O) groups excluding carboxylic acids is 1. The molecule has 0 saturated heterocycles. The largest absolute Gasteiger partial charge is 0.479 e. The maximum absolute atomic E-state index is 12.7. The molecule has 0 fully saturated rings. The molecule has 5 nitrogen and oxygen atoms in total. The van der Waals surface area contributed by atoms with Crippen LogP contribution in [-0.4, -0.2) is 18.2 Å². The number of carbonyl (C=O) groups is 1. The van der Waals surface area contributed by atoms with E-state index in [4.69, 9.17) is 9.47 Å². The molecule has 4 rings (SSSR count). The lowest BCUT2D eigenvalue weighted by molar-refractivity contribution is -0.128. The number of hydrogen-bond donors (Lipinski definition) is 1. The van der Waals surface area contributed by atoms with Gasteiger partial charge in [-0.25, -0.2) is 5.43 Å². The van der Waals surface area contributed by atoms with Gasteiger partial charge in [-0.1, -0.05) is 67.6 Å². The van der Waals surface area contributed by atoms with Crippen LogP contribution in [0.25, 0.3) is 10.8 Å². The first-order valence-corrected chi connectivity index (χ1v) is 11.4. The molecule has 0 aliphatic rings. The van der Waals surface area contributed by atoms with Crippen LogP contribution in [0.15, 0.2) is 101 Å². The molecule has 1 atom stereocenters. The van der Waals surface area contributed by atoms with E-state index in [0.717, 1.165) is 26.6 Å². The Bertz CT molecular complexity index is 1270. The van der Waals surface area contributed by atoms with Gasteiger partial charge in [0.2, 0.25) is 0 Å². The van der Waals surface area contributed by atoms with E-state index in [-0.39, 0.29) is 5.91 Å². The highest BCUT2D eigenvalue weighted by Gasteiger charge is 2.19. The Kier molecular flexibility index (Phi) is 7.37. The van der Waals surface area contributed by atoms with Crippen molar-refractivity contribution in [1.82, 2.24) is 5.43 Å². The molecule has 0 aromatic heterocycles. The lowest BCUT2D eigenvalue weighted by atomic mass is 10.1. The number of fused-ring (bicyclic) bond motifs is 1. The Morgan fingerprint density at radius 2 is 1.73 bits per heavy atom. The third-order valence-corrected chi connectivity index (χ3v) is 5.80. The number of rotatable bonds is 8. The van der Waals surface area contributed by atoms with Gasteiger partial charge in [0.05, 0.1) is 10.7 Å². The van der Waals surface area contributed by atoms with E-state index >= 15 is 0 Å². The number of benzene rings is 4. The molecular weight excluding hydrogens is 480 g/mol. The quantitative estimate of drug-likeness (QED) is 0.215. The van der Waals surface area contributed by atoms with Gasteiger partial charge in [0, 0.05) is 0 Å². The zero-order valence-corrected chi connectivity index (χ0v) is 19.7. The van der Waals surface area contributed by atoms with Crippen molar-refractivity contribution in [3.63, 3.8) is 0 Å². The molecule has 0 bridgehead atoms. The summed E-state index contributed by atoms with van der Waals surface area (Å²) in [7, 11) is 0. The van der Waals surface area contributed by atoms with Gasteiger partial charge in [0.25, 0.3) is 5.91 Å². The molecule has 0 aliphatic carbocycles. The Balaban J connectivity index is 1.39. The third-order valence-electron chi connectivity index (χ3n) is 4.99. The highest BCUT2D eigenvalue weighted by atomic mass is 79.9. The van der Waals surface area contributed by atoms with E-state index in [1.165, 1.54) is 0 Å². The van der Waals surface area contributed by atoms with E-state index in [1.807, 2.05) is 97.9 Å². The predicted molar refractivity (Wildman–Crippen MR) is 135 cm³/mol. The fourth-order valence-electron chi connectivity index (χ4n) is 3.31. The summed E-state index contributed by atoms with van der Waals surface area (Å²) < 4.78 is 12.7. The molecule has 0 saturated carbocycles. The van der Waals surface area contributed by atoms with Gasteiger partial charge in [0.15, 0.2) is 6.10 Å². The first-order chi connectivity index (χ1) is 16.1. The Labute approximate surface area is 201 Å². The molecule has 0 radical (unpaired) electrons. The first kappa shape index (κ1) is 22.6. The normalized spacial score (nSPS) is 11.9. The number of amides is 1. The van der Waals surface area contributed by atoms with Crippen molar-refractivity contribution in [2.45, 2.75) is 19.4 Å². The minimum Gasteiger partial charge on any atom is -0.479 e. The molecule has 4 aromatic carbocycles. The van der Waals surface area contributed by atoms with Gasteiger partial charge >= 0.3 is 0 Å². The van der Waals surface area contributed by atoms with Gasteiger partial charge in [-0.3, -0.25) is 4.79 Å². The van der Waals surface area contributed by atoms with Crippen molar-refractivity contribution in [1.29, 1.82) is 0 Å². The van der Waals surface area contributed by atoms with Crippen LogP contribution in [0.1, 0.15) is 18.9 Å². The van der Waals surface area contributed by atoms with Crippen molar-refractivity contribution in [2.75, 3.05) is 0 Å². The zero-order valence-electron chi connectivity index (χ0n) is 18.1. The van der Waals surface area contributed by atoms with Gasteiger partial charge < -0.3 is 9.47 Å². The number of hydrazone groups is 1. The van der Waals surface area contributed by atoms with Gasteiger partial charge in [0.1, 0.15) is 17.2 Å². The summed E-state index contributed by atoms with van der Waals surface area (Å²) in [4.78, 5) is 12.7. The van der Waals surface area contributed by atoms with Crippen molar-refractivity contribution in [2.24, 2.45) is 5.10 Å². The van der Waals surface area contributed by atoms with Crippen molar-refractivity contribution < 1.29 is 14.3 Å². The highest BCUT2D eigenvalue weighted by molar-refractivity contribution is 9.10. The molecule has 0 heterocycles. The van der Waals surface area contributed by atoms with Gasteiger partial charge in [-0.2, -0.15) is 5.10 Å². The SMILES string of the molecule is CCC(Oc1ccc2ccccc2c1Br)C(=O)NN=Cc1cccc(Oc2ccccc2)c1. The number of ether oxygens (including phenoxy) is 2. The second-order valence-electron chi connectivity index (χ2n) is 7.34. The second kappa shape index (κ2) is 10.8. The van der Waals surface area contributed by atoms with E-state index in [0.29, 0.717) is 17.9 Å². The Hall–Kier alpha value is -3.64. The minimum absolute atomic E-state index is 0.314. The lowest BCUT2D eigenvalue weighted by Crippen LogP contribution is -2.35. The molecular formula is C27H23BrN2O3. The Morgan fingerprint density at radius 3 is 2.55 bits per heavy atom. The molecule has 1 amide bonds. The highest BCUT2D eigenvalue weighted by Crippen LogP contribution is 2.33. The second-order valence-corrected chi connectivity index (χ2v) is 8.13. The van der Waals surface area contributed by atoms with Crippen LogP contribution in [-0.2, 0) is 4.79 Å². The fourth-order valence-corrected chi connectivity index (χ4v) is 3.89. The van der Waals surface area contributed by atoms with Crippen molar-refractivity contribution in [3.8, 4) is 17.2 Å². The van der Waals surface area contributed by atoms with Crippen LogP contribution >= 0.6 is 15.9 Å². The molecule has 6 heteroatoms. The van der Waals surface area contributed by atoms with E-state index < -0.39 is 6.10 Å². The number of halogens is 1. The van der Waals surface area contributed by atoms with Gasteiger partial charge in [-0.05, 0) is 69.0 Å². The molecule has 0 aliphatic heterocycles. The van der Waals surface area contributed by atoms with Crippen LogP contribution < -0.4 is 14.9 Å². The van der Waals surface area contributed by atoms with Crippen molar-refractivity contribution in [3.05, 3.63) is 101 Å². The lowest BCUT2D eigenvalue weighted by Gasteiger charge is -2.17. The molecule has 33 heavy (non-hydrogen) atoms. The molecule has 1 unspecified atom stereocenters. The summed E-state index contributed by atoms with van der Waals surface area (Å²) in [6.07, 6.45) is 1.41. The van der Waals surface area contributed by atoms with E-state index in [2.05, 4.69) is 26.5 Å². The first-order valence-electron chi connectivity index (χ1n) is 10.6. The summed E-state index contributed by atoms with van der Waals surface area (Å²) in [5.41, 5.74) is 3.38. The molecule has 1 N–H and O–H groups in total. The predicted octanol–water partition coefficient (Wildman–Crippen LogP) is 6.70. The summed E-state index contributed by atoms with van der Waals surface area (Å²) >= 11 is 3.60. The zero-order chi connectivity index (χ0) is 23.0. The van der Waals surface area contributed by atoms with E-state index in [9.17, 15) is 4.79 Å². The Morgan fingerprint density at radius 1 is 0.970 bits per heavy atom. The van der Waals surface area contributed by atoms with Crippen LogP contribution in [0.5, 0.6) is 17.2 Å². The standard InChI is InChI=1S/C27H23BrN2O3/c1-2-24(33-25-16-15-20-10-6-7-14-23(20)26(25)28)27(31)30-29-18-19-9-8-13-22(17-19)32-21-11-4-3-5-12-21/h3-18,24H,2H2,1H3,(H,30,31). The summed E-state index contributed by atoms with van der Waals surface area (Å²) in [5, 5.41) is 6.22. The topological polar surface area (TPSA) is 59.9 Å². The summed E-state index contributed by atoms with van der Waals surface area (Å²) in [5.74, 6) is 1.74. The number of hydrogen-bond acceptors (Lipinski definition) is 4. The number of para-hydroxylation sites is 1. The number of nitrogens with one attached hydrogen (secondary N) is 1. The van der Waals surface area contributed by atoms with Crippen LogP contribution in [0.2, 0.25) is 0 Å². The van der Waals surface area contributed by atoms with Crippen LogP contribution in [0.4, 0.5) is 0 Å². The fraction of sp³-hybridized carbons (Fsp3) is 0.111. The average molecular weight is 503 g/mol. The smallest absolute Gasteiger partial charge is 0.281 e. The molecule has 0 spiro atoms. The summed E-state index contributed by atoms with van der Waals surface area (Å²) in [6, 6.07) is 28.8. The maximum atomic E-state index is 12.7. The number of nitrogens with zero attached hydrogens (tertiary/aromatic N) is 1. The van der Waals surface area contributed by atoms with Crippen molar-refractivity contribution >= 4 is 38.8 Å². The third kappa shape index (κ3) is 5.79.